The van der Waals surface area contributed by atoms with Gasteiger partial charge >= 0.3 is 0 Å². The highest BCUT2D eigenvalue weighted by Crippen LogP contribution is 2.39. The SMILES string of the molecule is c1ccc(-c2nc3ccccc3nc2-c2ccc3c4c(cccc24)CC3)cc1. The van der Waals surface area contributed by atoms with Crippen LogP contribution in [0.3, 0.4) is 0 Å². The predicted octanol–water partition coefficient (Wildman–Crippen LogP) is 6.22. The molecule has 0 saturated carbocycles. The number of aryl methyl sites for hydroxylation is 2. The number of hydrogen-bond donors (Lipinski definition) is 0. The second-order valence-corrected chi connectivity index (χ2v) is 7.39. The van der Waals surface area contributed by atoms with Crippen molar-refractivity contribution in [2.45, 2.75) is 12.8 Å². The van der Waals surface area contributed by atoms with E-state index in [0.717, 1.165) is 40.8 Å². The van der Waals surface area contributed by atoms with Crippen molar-refractivity contribution in [3.05, 3.63) is 96.1 Å². The van der Waals surface area contributed by atoms with Crippen LogP contribution in [0.25, 0.3) is 44.3 Å². The maximum atomic E-state index is 5.09. The topological polar surface area (TPSA) is 25.8 Å². The van der Waals surface area contributed by atoms with Gasteiger partial charge in [0, 0.05) is 11.1 Å². The van der Waals surface area contributed by atoms with Gasteiger partial charge in [-0.3, -0.25) is 0 Å². The summed E-state index contributed by atoms with van der Waals surface area (Å²) in [5.41, 5.74) is 8.92. The Morgan fingerprint density at radius 1 is 0.536 bits per heavy atom. The summed E-state index contributed by atoms with van der Waals surface area (Å²) in [5.74, 6) is 0. The highest BCUT2D eigenvalue weighted by molar-refractivity contribution is 6.03. The lowest BCUT2D eigenvalue weighted by molar-refractivity contribution is 1.02. The summed E-state index contributed by atoms with van der Waals surface area (Å²) in [7, 11) is 0. The molecule has 0 unspecified atom stereocenters. The van der Waals surface area contributed by atoms with E-state index in [1.807, 2.05) is 30.3 Å². The molecule has 4 aromatic carbocycles. The molecule has 1 aromatic heterocycles. The molecule has 1 aliphatic rings. The number of aromatic nitrogens is 2. The minimum Gasteiger partial charge on any atom is -0.244 e. The molecule has 0 N–H and O–H groups in total. The summed E-state index contributed by atoms with van der Waals surface area (Å²) >= 11 is 0. The molecule has 1 heterocycles. The fourth-order valence-corrected chi connectivity index (χ4v) is 4.44. The van der Waals surface area contributed by atoms with Crippen LogP contribution >= 0.6 is 0 Å². The van der Waals surface area contributed by atoms with Crippen LogP contribution in [-0.4, -0.2) is 9.97 Å². The Morgan fingerprint density at radius 3 is 2.00 bits per heavy atom. The summed E-state index contributed by atoms with van der Waals surface area (Å²) < 4.78 is 0. The summed E-state index contributed by atoms with van der Waals surface area (Å²) in [6.45, 7) is 0. The van der Waals surface area contributed by atoms with Gasteiger partial charge in [-0.1, -0.05) is 72.8 Å². The Morgan fingerprint density at radius 2 is 1.21 bits per heavy atom. The Hall–Kier alpha value is -3.52. The third kappa shape index (κ3) is 2.28. The lowest BCUT2D eigenvalue weighted by Crippen LogP contribution is -1.96. The van der Waals surface area contributed by atoms with Gasteiger partial charge < -0.3 is 0 Å². The van der Waals surface area contributed by atoms with Crippen LogP contribution in [0.4, 0.5) is 0 Å². The van der Waals surface area contributed by atoms with Crippen molar-refractivity contribution < 1.29 is 0 Å². The van der Waals surface area contributed by atoms with Gasteiger partial charge in [-0.2, -0.15) is 0 Å². The van der Waals surface area contributed by atoms with E-state index >= 15 is 0 Å². The van der Waals surface area contributed by atoms with E-state index in [0.29, 0.717) is 0 Å². The van der Waals surface area contributed by atoms with Crippen molar-refractivity contribution in [3.8, 4) is 22.5 Å². The summed E-state index contributed by atoms with van der Waals surface area (Å²) in [4.78, 5) is 10.1. The zero-order valence-electron chi connectivity index (χ0n) is 15.4. The molecule has 6 rings (SSSR count). The lowest BCUT2D eigenvalue weighted by atomic mass is 9.95. The average molecular weight is 358 g/mol. The molecule has 0 amide bonds. The number of hydrogen-bond acceptors (Lipinski definition) is 2. The fraction of sp³-hybridized carbons (Fsp3) is 0.0769. The van der Waals surface area contributed by atoms with Gasteiger partial charge in [-0.25, -0.2) is 9.97 Å². The van der Waals surface area contributed by atoms with Crippen molar-refractivity contribution in [3.63, 3.8) is 0 Å². The van der Waals surface area contributed by atoms with Crippen molar-refractivity contribution in [1.82, 2.24) is 9.97 Å². The van der Waals surface area contributed by atoms with Crippen LogP contribution in [0.5, 0.6) is 0 Å². The number of rotatable bonds is 2. The summed E-state index contributed by atoms with van der Waals surface area (Å²) in [6.07, 6.45) is 2.26. The molecule has 28 heavy (non-hydrogen) atoms. The van der Waals surface area contributed by atoms with Crippen LogP contribution in [0, 0.1) is 0 Å². The summed E-state index contributed by atoms with van der Waals surface area (Å²) in [5, 5.41) is 2.70. The molecular formula is C26H18N2. The molecule has 0 radical (unpaired) electrons. The first-order chi connectivity index (χ1) is 13.9. The quantitative estimate of drug-likeness (QED) is 0.374. The Labute approximate surface area is 163 Å². The zero-order chi connectivity index (χ0) is 18.5. The molecule has 2 heteroatoms. The van der Waals surface area contributed by atoms with E-state index in [1.165, 1.54) is 27.5 Å². The van der Waals surface area contributed by atoms with Crippen molar-refractivity contribution in [2.24, 2.45) is 0 Å². The minimum absolute atomic E-state index is 0.927. The molecule has 0 bridgehead atoms. The highest BCUT2D eigenvalue weighted by atomic mass is 14.8. The molecule has 0 saturated heterocycles. The van der Waals surface area contributed by atoms with E-state index in [4.69, 9.17) is 9.97 Å². The second kappa shape index (κ2) is 6.00. The Bertz CT molecular complexity index is 1340. The van der Waals surface area contributed by atoms with Gasteiger partial charge in [-0.05, 0) is 46.9 Å². The van der Waals surface area contributed by atoms with Gasteiger partial charge in [0.25, 0.3) is 0 Å². The number of benzene rings is 4. The van der Waals surface area contributed by atoms with E-state index in [9.17, 15) is 0 Å². The normalized spacial score (nSPS) is 12.7. The van der Waals surface area contributed by atoms with E-state index in [1.54, 1.807) is 0 Å². The van der Waals surface area contributed by atoms with Crippen molar-refractivity contribution in [1.29, 1.82) is 0 Å². The predicted molar refractivity (Wildman–Crippen MR) is 115 cm³/mol. The maximum absolute atomic E-state index is 5.09. The molecule has 0 spiro atoms. The first kappa shape index (κ1) is 15.5. The molecule has 0 atom stereocenters. The van der Waals surface area contributed by atoms with Crippen molar-refractivity contribution in [2.75, 3.05) is 0 Å². The van der Waals surface area contributed by atoms with Gasteiger partial charge in [0.2, 0.25) is 0 Å². The number of fused-ring (bicyclic) bond motifs is 1. The van der Waals surface area contributed by atoms with E-state index in [-0.39, 0.29) is 0 Å². The van der Waals surface area contributed by atoms with E-state index in [2.05, 4.69) is 54.6 Å². The minimum atomic E-state index is 0.927. The number of para-hydroxylation sites is 2. The molecule has 5 aromatic rings. The average Bonchev–Trinajstić information content (AvgIpc) is 3.19. The van der Waals surface area contributed by atoms with Crippen LogP contribution in [0.2, 0.25) is 0 Å². The summed E-state index contributed by atoms with van der Waals surface area (Å²) in [6, 6.07) is 29.7. The number of nitrogens with zero attached hydrogens (tertiary/aromatic N) is 2. The Balaban J connectivity index is 1.73. The zero-order valence-corrected chi connectivity index (χ0v) is 15.4. The molecule has 0 aliphatic heterocycles. The first-order valence-corrected chi connectivity index (χ1v) is 9.74. The van der Waals surface area contributed by atoms with Gasteiger partial charge in [0.15, 0.2) is 0 Å². The van der Waals surface area contributed by atoms with Crippen LogP contribution in [-0.2, 0) is 12.8 Å². The van der Waals surface area contributed by atoms with Crippen LogP contribution < -0.4 is 0 Å². The molecule has 1 aliphatic carbocycles. The fourth-order valence-electron chi connectivity index (χ4n) is 4.44. The molecule has 0 fully saturated rings. The largest absolute Gasteiger partial charge is 0.244 e. The molecular weight excluding hydrogens is 340 g/mol. The smallest absolute Gasteiger partial charge is 0.0979 e. The maximum Gasteiger partial charge on any atom is 0.0979 e. The van der Waals surface area contributed by atoms with Gasteiger partial charge in [-0.15, -0.1) is 0 Å². The Kier molecular flexibility index (Phi) is 3.33. The standard InChI is InChI=1S/C26H18N2/c1-2-7-19(8-3-1)25-26(28-23-12-5-4-11-22(23)27-25)21-16-15-18-14-13-17-9-6-10-20(21)24(17)18/h1-12,15-16H,13-14H2. The third-order valence-corrected chi connectivity index (χ3v) is 5.75. The second-order valence-electron chi connectivity index (χ2n) is 7.39. The van der Waals surface area contributed by atoms with Crippen LogP contribution in [0.15, 0.2) is 84.9 Å². The van der Waals surface area contributed by atoms with Crippen LogP contribution in [0.1, 0.15) is 11.1 Å². The van der Waals surface area contributed by atoms with Gasteiger partial charge in [0.05, 0.1) is 22.4 Å². The molecule has 132 valence electrons. The first-order valence-electron chi connectivity index (χ1n) is 9.74. The lowest BCUT2D eigenvalue weighted by Gasteiger charge is -2.13. The molecule has 2 nitrogen and oxygen atoms in total. The highest BCUT2D eigenvalue weighted by Gasteiger charge is 2.20. The van der Waals surface area contributed by atoms with Crippen molar-refractivity contribution >= 4 is 21.8 Å². The monoisotopic (exact) mass is 358 g/mol. The third-order valence-electron chi connectivity index (χ3n) is 5.75. The van der Waals surface area contributed by atoms with E-state index < -0.39 is 0 Å². The van der Waals surface area contributed by atoms with Gasteiger partial charge in [0.1, 0.15) is 0 Å².